The molecule has 1 saturated carbocycles. The fourth-order valence-electron chi connectivity index (χ4n) is 4.28. The minimum Gasteiger partial charge on any atom is -0.357 e. The van der Waals surface area contributed by atoms with Gasteiger partial charge in [-0.3, -0.25) is 9.79 Å². The number of rotatable bonds is 7. The molecule has 2 N–H and O–H groups in total. The molecule has 6 heteroatoms. The number of nitrogens with one attached hydrogen (secondary N) is 2. The maximum Gasteiger partial charge on any atom is 0.220 e. The highest BCUT2D eigenvalue weighted by Gasteiger charge is 2.25. The van der Waals surface area contributed by atoms with E-state index >= 15 is 0 Å². The van der Waals surface area contributed by atoms with Gasteiger partial charge in [0.15, 0.2) is 5.96 Å². The second kappa shape index (κ2) is 12.3. The molecule has 1 atom stereocenters. The van der Waals surface area contributed by atoms with Gasteiger partial charge in [-0.05, 0) is 37.7 Å². The topological polar surface area (TPSA) is 56.7 Å². The second-order valence-electron chi connectivity index (χ2n) is 7.78. The van der Waals surface area contributed by atoms with E-state index in [1.54, 1.807) is 0 Å². The number of likely N-dealkylation sites (tertiary alicyclic amines) is 1. The highest BCUT2D eigenvalue weighted by molar-refractivity contribution is 14.0. The van der Waals surface area contributed by atoms with Crippen LogP contribution in [-0.4, -0.2) is 49.5 Å². The van der Waals surface area contributed by atoms with Crippen molar-refractivity contribution in [2.45, 2.75) is 51.4 Å². The highest BCUT2D eigenvalue weighted by atomic mass is 127. The predicted octanol–water partition coefficient (Wildman–Crippen LogP) is 3.76. The molecule has 1 aromatic carbocycles. The standard InChI is InChI=1S/C22H34N4O.HI/c1-2-23-22(25-14-13-24-21(27)16-18-8-6-7-9-18)26-15-12-20(17-26)19-10-4-3-5-11-19;/h3-5,10-11,18,20H,2,6-9,12-17H2,1H3,(H,23,25)(H,24,27);1H. The van der Waals surface area contributed by atoms with Gasteiger partial charge in [-0.1, -0.05) is 43.2 Å². The summed E-state index contributed by atoms with van der Waals surface area (Å²) in [6, 6.07) is 10.7. The van der Waals surface area contributed by atoms with E-state index < -0.39 is 0 Å². The van der Waals surface area contributed by atoms with E-state index in [0.29, 0.717) is 31.3 Å². The normalized spacial score (nSPS) is 20.1. The number of hydrogen-bond donors (Lipinski definition) is 2. The minimum atomic E-state index is 0. The van der Waals surface area contributed by atoms with Crippen LogP contribution < -0.4 is 10.6 Å². The third-order valence-electron chi connectivity index (χ3n) is 5.74. The van der Waals surface area contributed by atoms with Gasteiger partial charge in [0.05, 0.1) is 6.54 Å². The Morgan fingerprint density at radius 2 is 1.89 bits per heavy atom. The van der Waals surface area contributed by atoms with Gasteiger partial charge in [0.25, 0.3) is 0 Å². The van der Waals surface area contributed by atoms with Gasteiger partial charge < -0.3 is 15.5 Å². The van der Waals surface area contributed by atoms with E-state index in [1.165, 1.54) is 31.2 Å². The molecule has 0 bridgehead atoms. The monoisotopic (exact) mass is 498 g/mol. The van der Waals surface area contributed by atoms with Crippen molar-refractivity contribution in [1.82, 2.24) is 15.5 Å². The van der Waals surface area contributed by atoms with E-state index in [4.69, 9.17) is 4.99 Å². The van der Waals surface area contributed by atoms with E-state index in [2.05, 4.69) is 52.8 Å². The zero-order chi connectivity index (χ0) is 18.9. The summed E-state index contributed by atoms with van der Waals surface area (Å²) < 4.78 is 0. The van der Waals surface area contributed by atoms with Crippen molar-refractivity contribution in [2.24, 2.45) is 10.9 Å². The molecule has 0 spiro atoms. The van der Waals surface area contributed by atoms with Gasteiger partial charge >= 0.3 is 0 Å². The summed E-state index contributed by atoms with van der Waals surface area (Å²) in [5.41, 5.74) is 1.41. The van der Waals surface area contributed by atoms with Crippen LogP contribution in [0, 0.1) is 5.92 Å². The first kappa shape index (κ1) is 23.0. The Hall–Kier alpha value is -1.31. The molecule has 1 aliphatic carbocycles. The van der Waals surface area contributed by atoms with Crippen molar-refractivity contribution in [1.29, 1.82) is 0 Å². The van der Waals surface area contributed by atoms with Crippen LogP contribution in [0.3, 0.4) is 0 Å². The molecule has 2 aliphatic rings. The fraction of sp³-hybridized carbons (Fsp3) is 0.636. The Morgan fingerprint density at radius 1 is 1.14 bits per heavy atom. The third-order valence-corrected chi connectivity index (χ3v) is 5.74. The first-order valence-corrected chi connectivity index (χ1v) is 10.6. The number of guanidine groups is 1. The summed E-state index contributed by atoms with van der Waals surface area (Å²) in [5.74, 6) is 2.33. The Balaban J connectivity index is 0.00000280. The lowest BCUT2D eigenvalue weighted by Gasteiger charge is -2.22. The summed E-state index contributed by atoms with van der Waals surface area (Å²) in [4.78, 5) is 19.1. The number of carbonyl (C=O) groups is 1. The lowest BCUT2D eigenvalue weighted by atomic mass is 9.99. The van der Waals surface area contributed by atoms with Gasteiger partial charge in [0, 0.05) is 38.5 Å². The van der Waals surface area contributed by atoms with Crippen molar-refractivity contribution in [2.75, 3.05) is 32.7 Å². The zero-order valence-corrected chi connectivity index (χ0v) is 19.4. The molecule has 0 aromatic heterocycles. The van der Waals surface area contributed by atoms with Crippen molar-refractivity contribution in [3.63, 3.8) is 0 Å². The van der Waals surface area contributed by atoms with Crippen LogP contribution in [-0.2, 0) is 4.79 Å². The minimum absolute atomic E-state index is 0. The Kier molecular flexibility index (Phi) is 10.1. The Bertz CT molecular complexity index is 616. The van der Waals surface area contributed by atoms with Gasteiger partial charge in [0.1, 0.15) is 0 Å². The third kappa shape index (κ3) is 6.94. The van der Waals surface area contributed by atoms with Crippen molar-refractivity contribution in [3.8, 4) is 0 Å². The SMILES string of the molecule is CCNC(=NCCNC(=O)CC1CCCC1)N1CCC(c2ccccc2)C1.I. The number of benzene rings is 1. The lowest BCUT2D eigenvalue weighted by molar-refractivity contribution is -0.121. The van der Waals surface area contributed by atoms with E-state index in [9.17, 15) is 4.79 Å². The maximum absolute atomic E-state index is 12.0. The summed E-state index contributed by atoms with van der Waals surface area (Å²) in [6.07, 6.45) is 6.85. The molecular weight excluding hydrogens is 463 g/mol. The number of amides is 1. The van der Waals surface area contributed by atoms with Crippen LogP contribution in [0.25, 0.3) is 0 Å². The van der Waals surface area contributed by atoms with Gasteiger partial charge in [-0.2, -0.15) is 0 Å². The highest BCUT2D eigenvalue weighted by Crippen LogP contribution is 2.27. The summed E-state index contributed by atoms with van der Waals surface area (Å²) in [5, 5.41) is 6.45. The lowest BCUT2D eigenvalue weighted by Crippen LogP contribution is -2.40. The molecule has 3 rings (SSSR count). The van der Waals surface area contributed by atoms with E-state index in [0.717, 1.165) is 32.0 Å². The van der Waals surface area contributed by atoms with Crippen LogP contribution in [0.4, 0.5) is 0 Å². The first-order valence-electron chi connectivity index (χ1n) is 10.6. The van der Waals surface area contributed by atoms with Crippen LogP contribution >= 0.6 is 24.0 Å². The van der Waals surface area contributed by atoms with Crippen LogP contribution in [0.15, 0.2) is 35.3 Å². The molecule has 0 radical (unpaired) electrons. The number of aliphatic imine (C=N–C) groups is 1. The number of hydrogen-bond acceptors (Lipinski definition) is 2. The van der Waals surface area contributed by atoms with Crippen LogP contribution in [0.5, 0.6) is 0 Å². The number of carbonyl (C=O) groups excluding carboxylic acids is 1. The maximum atomic E-state index is 12.0. The summed E-state index contributed by atoms with van der Waals surface area (Å²) >= 11 is 0. The van der Waals surface area contributed by atoms with Crippen LogP contribution in [0.2, 0.25) is 0 Å². The van der Waals surface area contributed by atoms with E-state index in [1.807, 2.05) is 0 Å². The van der Waals surface area contributed by atoms with Crippen molar-refractivity contribution < 1.29 is 4.79 Å². The molecular formula is C22H35IN4O. The van der Waals surface area contributed by atoms with E-state index in [-0.39, 0.29) is 29.9 Å². The van der Waals surface area contributed by atoms with Crippen molar-refractivity contribution in [3.05, 3.63) is 35.9 Å². The smallest absolute Gasteiger partial charge is 0.220 e. The first-order chi connectivity index (χ1) is 13.3. The molecule has 1 saturated heterocycles. The molecule has 1 aliphatic heterocycles. The molecule has 1 aromatic rings. The summed E-state index contributed by atoms with van der Waals surface area (Å²) in [6.45, 7) is 6.24. The molecule has 28 heavy (non-hydrogen) atoms. The Labute approximate surface area is 186 Å². The Morgan fingerprint density at radius 3 is 2.61 bits per heavy atom. The molecule has 1 heterocycles. The quantitative estimate of drug-likeness (QED) is 0.261. The van der Waals surface area contributed by atoms with Crippen LogP contribution in [0.1, 0.15) is 56.9 Å². The summed E-state index contributed by atoms with van der Waals surface area (Å²) in [7, 11) is 0. The average Bonchev–Trinajstić information content (AvgIpc) is 3.37. The average molecular weight is 498 g/mol. The molecule has 5 nitrogen and oxygen atoms in total. The number of halogens is 1. The van der Waals surface area contributed by atoms with Gasteiger partial charge in [-0.15, -0.1) is 24.0 Å². The molecule has 1 unspecified atom stereocenters. The number of nitrogens with zero attached hydrogens (tertiary/aromatic N) is 2. The predicted molar refractivity (Wildman–Crippen MR) is 126 cm³/mol. The zero-order valence-electron chi connectivity index (χ0n) is 17.0. The van der Waals surface area contributed by atoms with Gasteiger partial charge in [0.2, 0.25) is 5.91 Å². The molecule has 2 fully saturated rings. The van der Waals surface area contributed by atoms with Crippen molar-refractivity contribution >= 4 is 35.8 Å². The molecule has 156 valence electrons. The second-order valence-corrected chi connectivity index (χ2v) is 7.78. The largest absolute Gasteiger partial charge is 0.357 e. The fourth-order valence-corrected chi connectivity index (χ4v) is 4.28. The van der Waals surface area contributed by atoms with Gasteiger partial charge in [-0.25, -0.2) is 0 Å². The molecule has 1 amide bonds.